The average molecular weight is 229 g/mol. The normalized spacial score (nSPS) is 42.6. The number of pyridine rings is 1. The van der Waals surface area contributed by atoms with Gasteiger partial charge in [-0.25, -0.2) is 4.98 Å². The van der Waals surface area contributed by atoms with Gasteiger partial charge in [0.2, 0.25) is 0 Å². The number of aromatic nitrogens is 1. The fraction of sp³-hybridized carbons (Fsp3) is 0.643. The van der Waals surface area contributed by atoms with Crippen molar-refractivity contribution in [2.75, 3.05) is 18.9 Å². The van der Waals surface area contributed by atoms with Crippen molar-refractivity contribution >= 4 is 5.82 Å². The Morgan fingerprint density at radius 3 is 3.00 bits per heavy atom. The molecule has 0 bridgehead atoms. The molecule has 2 aliphatic carbocycles. The summed E-state index contributed by atoms with van der Waals surface area (Å²) in [6.07, 6.45) is 4.76. The van der Waals surface area contributed by atoms with E-state index in [0.29, 0.717) is 11.5 Å². The number of anilines is 1. The molecule has 3 aliphatic rings. The number of nitrogens with one attached hydrogen (secondary N) is 1. The summed E-state index contributed by atoms with van der Waals surface area (Å²) >= 11 is 0. The second kappa shape index (κ2) is 3.02. The van der Waals surface area contributed by atoms with Gasteiger partial charge in [0.1, 0.15) is 5.82 Å². The van der Waals surface area contributed by atoms with Gasteiger partial charge in [-0.3, -0.25) is 0 Å². The van der Waals surface area contributed by atoms with Gasteiger partial charge in [0.15, 0.2) is 0 Å². The largest absolute Gasteiger partial charge is 0.366 e. The smallest absolute Gasteiger partial charge is 0.126 e. The number of likely N-dealkylation sites (tertiary alicyclic amines) is 1. The predicted octanol–water partition coefficient (Wildman–Crippen LogP) is 1.89. The van der Waals surface area contributed by atoms with Crippen LogP contribution in [0.25, 0.3) is 0 Å². The fourth-order valence-electron chi connectivity index (χ4n) is 4.22. The van der Waals surface area contributed by atoms with Crippen LogP contribution in [0.3, 0.4) is 0 Å². The van der Waals surface area contributed by atoms with Gasteiger partial charge in [-0.05, 0) is 49.8 Å². The molecule has 90 valence electrons. The second-order valence-electron chi connectivity index (χ2n) is 6.19. The lowest BCUT2D eigenvalue weighted by molar-refractivity contribution is 0.0978. The zero-order chi connectivity index (χ0) is 11.6. The van der Waals surface area contributed by atoms with Crippen molar-refractivity contribution in [1.82, 2.24) is 9.88 Å². The minimum Gasteiger partial charge on any atom is -0.366 e. The molecule has 4 rings (SSSR count). The Kier molecular flexibility index (Phi) is 1.76. The van der Waals surface area contributed by atoms with Gasteiger partial charge in [0.25, 0.3) is 0 Å². The third-order valence-corrected chi connectivity index (χ3v) is 5.08. The maximum atomic E-state index is 4.45. The van der Waals surface area contributed by atoms with Crippen molar-refractivity contribution in [3.8, 4) is 0 Å². The van der Waals surface area contributed by atoms with Crippen LogP contribution in [0, 0.1) is 18.3 Å². The molecule has 1 aliphatic heterocycles. The van der Waals surface area contributed by atoms with Crippen molar-refractivity contribution in [3.63, 3.8) is 0 Å². The van der Waals surface area contributed by atoms with Crippen molar-refractivity contribution in [2.24, 2.45) is 11.3 Å². The minimum absolute atomic E-state index is 0.614. The van der Waals surface area contributed by atoms with Crippen molar-refractivity contribution in [1.29, 1.82) is 0 Å². The molecule has 2 heterocycles. The number of nitrogens with zero attached hydrogens (tertiary/aromatic N) is 2. The molecule has 3 heteroatoms. The topological polar surface area (TPSA) is 28.2 Å². The lowest BCUT2D eigenvalue weighted by Gasteiger charge is -2.47. The van der Waals surface area contributed by atoms with E-state index in [2.05, 4.69) is 41.3 Å². The zero-order valence-electron chi connectivity index (χ0n) is 10.5. The number of aryl methyl sites for hydroxylation is 1. The van der Waals surface area contributed by atoms with E-state index in [0.717, 1.165) is 17.8 Å². The highest BCUT2D eigenvalue weighted by molar-refractivity contribution is 5.41. The maximum absolute atomic E-state index is 4.45. The Balaban J connectivity index is 1.49. The second-order valence-corrected chi connectivity index (χ2v) is 6.19. The number of hydrogen-bond acceptors (Lipinski definition) is 3. The molecule has 17 heavy (non-hydrogen) atoms. The van der Waals surface area contributed by atoms with Gasteiger partial charge >= 0.3 is 0 Å². The summed E-state index contributed by atoms with van der Waals surface area (Å²) in [5, 5.41) is 3.61. The summed E-state index contributed by atoms with van der Waals surface area (Å²) in [6.45, 7) is 3.39. The first-order valence-corrected chi connectivity index (χ1v) is 6.58. The monoisotopic (exact) mass is 229 g/mol. The van der Waals surface area contributed by atoms with Gasteiger partial charge in [-0.15, -0.1) is 0 Å². The van der Waals surface area contributed by atoms with Gasteiger partial charge in [-0.1, -0.05) is 6.07 Å². The van der Waals surface area contributed by atoms with Gasteiger partial charge in [-0.2, -0.15) is 0 Å². The van der Waals surface area contributed by atoms with Crippen LogP contribution in [0.1, 0.15) is 18.4 Å². The molecule has 1 N–H and O–H groups in total. The molecule has 3 nitrogen and oxygen atoms in total. The van der Waals surface area contributed by atoms with Gasteiger partial charge < -0.3 is 10.2 Å². The van der Waals surface area contributed by atoms with E-state index in [4.69, 9.17) is 0 Å². The summed E-state index contributed by atoms with van der Waals surface area (Å²) in [5.74, 6) is 2.04. The molecule has 4 atom stereocenters. The molecule has 0 aromatic carbocycles. The van der Waals surface area contributed by atoms with Crippen molar-refractivity contribution in [2.45, 2.75) is 31.8 Å². The quantitative estimate of drug-likeness (QED) is 0.839. The Bertz CT molecular complexity index is 455. The fourth-order valence-corrected chi connectivity index (χ4v) is 4.22. The van der Waals surface area contributed by atoms with Crippen LogP contribution in [0.4, 0.5) is 5.82 Å². The zero-order valence-corrected chi connectivity index (χ0v) is 10.5. The number of hydrogen-bond donors (Lipinski definition) is 1. The summed E-state index contributed by atoms with van der Waals surface area (Å²) < 4.78 is 0. The van der Waals surface area contributed by atoms with E-state index in [1.165, 1.54) is 24.9 Å². The highest BCUT2D eigenvalue weighted by Crippen LogP contribution is 2.71. The Morgan fingerprint density at radius 2 is 2.29 bits per heavy atom. The average Bonchev–Trinajstić information content (AvgIpc) is 2.91. The molecule has 1 aromatic rings. The van der Waals surface area contributed by atoms with Crippen LogP contribution >= 0.6 is 0 Å². The molecule has 1 spiro atoms. The standard InChI is InChI=1S/C14H19N3/c1-9-3-4-12(15-7-9)16-11-6-14-5-10(14)8-17(2)13(11)14/h3-4,7,10-11,13H,5-6,8H2,1-2H3,(H,15,16). The van der Waals surface area contributed by atoms with Crippen LogP contribution < -0.4 is 5.32 Å². The summed E-state index contributed by atoms with van der Waals surface area (Å²) in [7, 11) is 2.27. The van der Waals surface area contributed by atoms with E-state index >= 15 is 0 Å². The summed E-state index contributed by atoms with van der Waals surface area (Å²) in [5.41, 5.74) is 1.93. The van der Waals surface area contributed by atoms with Crippen LogP contribution in [0.15, 0.2) is 18.3 Å². The first-order chi connectivity index (χ1) is 8.19. The summed E-state index contributed by atoms with van der Waals surface area (Å²) in [6, 6.07) is 5.60. The van der Waals surface area contributed by atoms with Crippen molar-refractivity contribution < 1.29 is 0 Å². The van der Waals surface area contributed by atoms with Crippen LogP contribution in [-0.2, 0) is 0 Å². The molecule has 2 saturated carbocycles. The molecule has 1 saturated heterocycles. The highest BCUT2D eigenvalue weighted by Gasteiger charge is 2.73. The Labute approximate surface area is 102 Å². The van der Waals surface area contributed by atoms with Gasteiger partial charge in [0, 0.05) is 24.8 Å². The van der Waals surface area contributed by atoms with Crippen molar-refractivity contribution in [3.05, 3.63) is 23.9 Å². The molecular weight excluding hydrogens is 210 g/mol. The predicted molar refractivity (Wildman–Crippen MR) is 68.0 cm³/mol. The summed E-state index contributed by atoms with van der Waals surface area (Å²) in [4.78, 5) is 6.99. The molecule has 3 fully saturated rings. The SMILES string of the molecule is Cc1ccc(NC2CC34CC3CN(C)C24)nc1. The van der Waals surface area contributed by atoms with E-state index < -0.39 is 0 Å². The lowest BCUT2D eigenvalue weighted by Crippen LogP contribution is -2.57. The van der Waals surface area contributed by atoms with E-state index in [9.17, 15) is 0 Å². The Hall–Kier alpha value is -1.09. The van der Waals surface area contributed by atoms with Crippen LogP contribution in [0.5, 0.6) is 0 Å². The van der Waals surface area contributed by atoms with E-state index in [1.54, 1.807) is 0 Å². The molecule has 1 aromatic heterocycles. The Morgan fingerprint density at radius 1 is 1.41 bits per heavy atom. The molecule has 0 amide bonds. The van der Waals surface area contributed by atoms with E-state index in [1.807, 2.05) is 6.20 Å². The number of piperidine rings is 1. The lowest BCUT2D eigenvalue weighted by atomic mass is 9.71. The molecule has 0 radical (unpaired) electrons. The van der Waals surface area contributed by atoms with Crippen LogP contribution in [-0.4, -0.2) is 35.6 Å². The van der Waals surface area contributed by atoms with Gasteiger partial charge in [0.05, 0.1) is 0 Å². The first-order valence-electron chi connectivity index (χ1n) is 6.58. The third kappa shape index (κ3) is 1.23. The van der Waals surface area contributed by atoms with Crippen LogP contribution in [0.2, 0.25) is 0 Å². The third-order valence-electron chi connectivity index (χ3n) is 5.08. The first kappa shape index (κ1) is 9.89. The molecular formula is C14H19N3. The maximum Gasteiger partial charge on any atom is 0.126 e. The number of rotatable bonds is 2. The minimum atomic E-state index is 0.614. The highest BCUT2D eigenvalue weighted by atomic mass is 15.3. The molecule has 4 unspecified atom stereocenters. The number of likely N-dealkylation sites (N-methyl/N-ethyl adjacent to an activating group) is 1. The van der Waals surface area contributed by atoms with E-state index in [-0.39, 0.29) is 0 Å².